The van der Waals surface area contributed by atoms with Gasteiger partial charge in [-0.2, -0.15) is 0 Å². The van der Waals surface area contributed by atoms with Gasteiger partial charge >= 0.3 is 11.9 Å². The minimum Gasteiger partial charge on any atom is -0.544 e. The van der Waals surface area contributed by atoms with Crippen LogP contribution in [-0.4, -0.2) is 75.5 Å². The van der Waals surface area contributed by atoms with Crippen LogP contribution in [0.4, 0.5) is 0 Å². The fourth-order valence-corrected chi connectivity index (χ4v) is 6.33. The van der Waals surface area contributed by atoms with Crippen LogP contribution < -0.4 is 5.11 Å². The molecule has 0 fully saturated rings. The molecule has 0 bridgehead atoms. The summed E-state index contributed by atoms with van der Waals surface area (Å²) in [5.41, 5.74) is 0. The van der Waals surface area contributed by atoms with Gasteiger partial charge in [-0.05, 0) is 77.0 Å². The molecule has 0 saturated carbocycles. The lowest BCUT2D eigenvalue weighted by Crippen LogP contribution is -2.55. The van der Waals surface area contributed by atoms with Crippen molar-refractivity contribution < 1.29 is 38.2 Å². The molecule has 0 N–H and O–H groups in total. The topological polar surface area (TPSA) is 102 Å². The zero-order valence-electron chi connectivity index (χ0n) is 37.7. The van der Waals surface area contributed by atoms with Crippen molar-refractivity contribution in [2.45, 2.75) is 187 Å². The summed E-state index contributed by atoms with van der Waals surface area (Å²) in [5, 5.41) is 11.6. The quantitative estimate of drug-likeness (QED) is 0.0263. The van der Waals surface area contributed by atoms with Crippen LogP contribution in [0.1, 0.15) is 174 Å². The van der Waals surface area contributed by atoms with Gasteiger partial charge in [-0.3, -0.25) is 9.59 Å². The van der Waals surface area contributed by atoms with E-state index < -0.39 is 18.1 Å². The van der Waals surface area contributed by atoms with E-state index in [-0.39, 0.29) is 42.7 Å². The predicted octanol–water partition coefficient (Wildman–Crippen LogP) is 11.4. The van der Waals surface area contributed by atoms with Crippen LogP contribution in [0.15, 0.2) is 72.9 Å². The zero-order chi connectivity index (χ0) is 42.8. The first-order chi connectivity index (χ1) is 28.1. The minimum atomic E-state index is -1.13. The number of hydrogen-bond acceptors (Lipinski definition) is 7. The highest BCUT2D eigenvalue weighted by Gasteiger charge is 2.25. The van der Waals surface area contributed by atoms with Gasteiger partial charge < -0.3 is 28.6 Å². The summed E-state index contributed by atoms with van der Waals surface area (Å²) in [6, 6.07) is -0.733. The number of esters is 2. The number of quaternary nitrogens is 1. The molecule has 332 valence electrons. The Balaban J connectivity index is 4.33. The predicted molar refractivity (Wildman–Crippen MR) is 240 cm³/mol. The van der Waals surface area contributed by atoms with Crippen LogP contribution in [-0.2, 0) is 28.6 Å². The van der Waals surface area contributed by atoms with Gasteiger partial charge in [0, 0.05) is 19.3 Å². The molecule has 0 spiro atoms. The van der Waals surface area contributed by atoms with E-state index in [1.54, 1.807) is 21.1 Å². The summed E-state index contributed by atoms with van der Waals surface area (Å²) in [7, 11) is 5.39. The summed E-state index contributed by atoms with van der Waals surface area (Å²) in [6.45, 7) is 4.40. The third-order valence-corrected chi connectivity index (χ3v) is 9.84. The number of carboxylic acid groups (broad SMARTS) is 1. The third-order valence-electron chi connectivity index (χ3n) is 9.84. The molecule has 0 saturated heterocycles. The molecule has 0 radical (unpaired) electrons. The summed E-state index contributed by atoms with van der Waals surface area (Å²) >= 11 is 0. The van der Waals surface area contributed by atoms with Crippen LogP contribution in [0.5, 0.6) is 0 Å². The second-order valence-electron chi connectivity index (χ2n) is 16.2. The molecule has 0 aromatic rings. The molecule has 0 rings (SSSR count). The Kier molecular flexibility index (Phi) is 38.3. The van der Waals surface area contributed by atoms with E-state index in [0.717, 1.165) is 89.9 Å². The standard InChI is InChI=1S/C50H85NO7/c1-6-8-10-12-14-16-18-20-22-23-24-25-26-27-29-31-33-35-37-39-41-49(53)58-46(44-56-43-42-47(50(54)55)51(3,4)5)45-57-48(52)40-38-36-34-32-30-28-21-19-17-15-13-11-9-7-2/h8-11,14-17,20-22,28,46-47H,6-7,12-13,18-19,23-27,29-45H2,1-5H3/b10-8+,11-9+,16-14+,17-15+,22-20+,28-21+. The number of hydrogen-bond donors (Lipinski definition) is 0. The maximum atomic E-state index is 12.7. The summed E-state index contributed by atoms with van der Waals surface area (Å²) < 4.78 is 17.2. The molecule has 8 nitrogen and oxygen atoms in total. The van der Waals surface area contributed by atoms with E-state index in [4.69, 9.17) is 14.2 Å². The average molecular weight is 812 g/mol. The van der Waals surface area contributed by atoms with Crippen molar-refractivity contribution in [3.63, 3.8) is 0 Å². The number of allylic oxidation sites excluding steroid dienone is 12. The fraction of sp³-hybridized carbons (Fsp3) is 0.700. The summed E-state index contributed by atoms with van der Waals surface area (Å²) in [6.07, 6.45) is 50.7. The van der Waals surface area contributed by atoms with E-state index in [2.05, 4.69) is 86.8 Å². The highest BCUT2D eigenvalue weighted by atomic mass is 16.6. The molecule has 0 aliphatic carbocycles. The zero-order valence-corrected chi connectivity index (χ0v) is 37.7. The number of aliphatic carboxylic acids is 1. The highest BCUT2D eigenvalue weighted by Crippen LogP contribution is 2.14. The van der Waals surface area contributed by atoms with E-state index >= 15 is 0 Å². The SMILES string of the molecule is CC/C=C/C/C=C/C/C=C/CCCCCCCCCCCCC(=O)OC(COCCC(C(=O)[O-])[N+](C)(C)C)COC(=O)CCCCCC/C=C/C/C=C/C/C=C/CC. The Morgan fingerprint density at radius 2 is 0.914 bits per heavy atom. The summed E-state index contributed by atoms with van der Waals surface area (Å²) in [4.78, 5) is 36.9. The first-order valence-electron chi connectivity index (χ1n) is 23.0. The van der Waals surface area contributed by atoms with Crippen LogP contribution >= 0.6 is 0 Å². The van der Waals surface area contributed by atoms with Crippen LogP contribution in [0.3, 0.4) is 0 Å². The van der Waals surface area contributed by atoms with Crippen LogP contribution in [0.25, 0.3) is 0 Å². The third kappa shape index (κ3) is 38.3. The molecular formula is C50H85NO7. The number of carbonyl (C=O) groups excluding carboxylic acids is 3. The first-order valence-corrected chi connectivity index (χ1v) is 23.0. The van der Waals surface area contributed by atoms with Crippen molar-refractivity contribution in [1.82, 2.24) is 0 Å². The van der Waals surface area contributed by atoms with Gasteiger partial charge in [0.05, 0.1) is 40.3 Å². The van der Waals surface area contributed by atoms with Gasteiger partial charge in [-0.25, -0.2) is 0 Å². The Morgan fingerprint density at radius 3 is 1.34 bits per heavy atom. The maximum absolute atomic E-state index is 12.7. The lowest BCUT2D eigenvalue weighted by Gasteiger charge is -2.34. The second kappa shape index (κ2) is 40.5. The highest BCUT2D eigenvalue weighted by molar-refractivity contribution is 5.70. The normalized spacial score (nSPS) is 13.6. The number of nitrogens with zero attached hydrogens (tertiary/aromatic N) is 1. The number of unbranched alkanes of at least 4 members (excludes halogenated alkanes) is 14. The fourth-order valence-electron chi connectivity index (χ4n) is 6.33. The van der Waals surface area contributed by atoms with Crippen molar-refractivity contribution >= 4 is 17.9 Å². The van der Waals surface area contributed by atoms with Gasteiger partial charge in [0.2, 0.25) is 0 Å². The number of likely N-dealkylation sites (N-methyl/N-ethyl adjacent to an activating group) is 1. The molecule has 2 atom stereocenters. The van der Waals surface area contributed by atoms with Crippen molar-refractivity contribution in [1.29, 1.82) is 0 Å². The van der Waals surface area contributed by atoms with Gasteiger partial charge in [0.1, 0.15) is 12.6 Å². The molecule has 0 aliphatic rings. The molecule has 2 unspecified atom stereocenters. The second-order valence-corrected chi connectivity index (χ2v) is 16.2. The molecule has 0 amide bonds. The molecule has 8 heteroatoms. The van der Waals surface area contributed by atoms with Crippen molar-refractivity contribution in [3.8, 4) is 0 Å². The van der Waals surface area contributed by atoms with Gasteiger partial charge in [0.25, 0.3) is 0 Å². The number of ether oxygens (including phenoxy) is 3. The van der Waals surface area contributed by atoms with Crippen molar-refractivity contribution in [2.24, 2.45) is 0 Å². The Bertz CT molecular complexity index is 1180. The lowest BCUT2D eigenvalue weighted by molar-refractivity contribution is -0.889. The van der Waals surface area contributed by atoms with Crippen molar-refractivity contribution in [3.05, 3.63) is 72.9 Å². The average Bonchev–Trinajstić information content (AvgIpc) is 3.18. The van der Waals surface area contributed by atoms with E-state index in [1.165, 1.54) is 51.4 Å². The molecule has 0 aromatic carbocycles. The first kappa shape index (κ1) is 54.8. The van der Waals surface area contributed by atoms with Crippen LogP contribution in [0, 0.1) is 0 Å². The number of rotatable bonds is 40. The Labute approximate surface area is 355 Å². The lowest BCUT2D eigenvalue weighted by atomic mass is 10.0. The number of carbonyl (C=O) groups is 3. The Morgan fingerprint density at radius 1 is 0.517 bits per heavy atom. The van der Waals surface area contributed by atoms with Gasteiger partial charge in [-0.15, -0.1) is 0 Å². The maximum Gasteiger partial charge on any atom is 0.306 e. The molecule has 0 aliphatic heterocycles. The molecule has 58 heavy (non-hydrogen) atoms. The smallest absolute Gasteiger partial charge is 0.306 e. The van der Waals surface area contributed by atoms with Gasteiger partial charge in [0.15, 0.2) is 6.10 Å². The Hall–Kier alpha value is -3.23. The largest absolute Gasteiger partial charge is 0.544 e. The molecule has 0 heterocycles. The summed E-state index contributed by atoms with van der Waals surface area (Å²) in [5.74, 6) is -1.77. The number of carboxylic acids is 1. The minimum absolute atomic E-state index is 0.0286. The van der Waals surface area contributed by atoms with E-state index in [0.29, 0.717) is 12.8 Å². The van der Waals surface area contributed by atoms with Crippen molar-refractivity contribution in [2.75, 3.05) is 41.0 Å². The molecular weight excluding hydrogens is 727 g/mol. The van der Waals surface area contributed by atoms with Gasteiger partial charge in [-0.1, -0.05) is 151 Å². The van der Waals surface area contributed by atoms with E-state index in [9.17, 15) is 19.5 Å². The molecule has 0 aromatic heterocycles. The van der Waals surface area contributed by atoms with E-state index in [1.807, 2.05) is 0 Å². The van der Waals surface area contributed by atoms with Crippen LogP contribution in [0.2, 0.25) is 0 Å². The monoisotopic (exact) mass is 812 g/mol.